The van der Waals surface area contributed by atoms with Gasteiger partial charge in [-0.3, -0.25) is 14.4 Å². The van der Waals surface area contributed by atoms with Crippen LogP contribution >= 0.6 is 15.9 Å². The van der Waals surface area contributed by atoms with Crippen LogP contribution in [0, 0.1) is 0 Å². The third-order valence-electron chi connectivity index (χ3n) is 5.29. The second kappa shape index (κ2) is 13.9. The minimum absolute atomic E-state index is 0.104. The quantitative estimate of drug-likeness (QED) is 0.213. The van der Waals surface area contributed by atoms with E-state index in [0.29, 0.717) is 12.2 Å². The van der Waals surface area contributed by atoms with Crippen LogP contribution in [0.15, 0.2) is 46.0 Å². The Balaban J connectivity index is 1.56. The van der Waals surface area contributed by atoms with Gasteiger partial charge in [-0.05, 0) is 61.7 Å². The Hall–Kier alpha value is -3.65. The number of rotatable bonds is 10. The van der Waals surface area contributed by atoms with Crippen molar-refractivity contribution in [3.8, 4) is 11.5 Å². The van der Waals surface area contributed by atoms with E-state index in [4.69, 9.17) is 14.2 Å². The lowest BCUT2D eigenvalue weighted by Crippen LogP contribution is -2.41. The van der Waals surface area contributed by atoms with Crippen LogP contribution in [0.4, 0.5) is 18.9 Å². The van der Waals surface area contributed by atoms with E-state index in [2.05, 4.69) is 37.1 Å². The normalized spacial score (nSPS) is 15.2. The predicted octanol–water partition coefficient (Wildman–Crippen LogP) is 3.63. The number of carbonyl (C=O) groups excluding carboxylic acids is 3. The van der Waals surface area contributed by atoms with E-state index in [1.807, 2.05) is 0 Å². The molecule has 2 aromatic carbocycles. The van der Waals surface area contributed by atoms with Crippen LogP contribution in [0.3, 0.4) is 0 Å². The second-order valence-corrected chi connectivity index (χ2v) is 9.12. The molecule has 210 valence electrons. The van der Waals surface area contributed by atoms with Gasteiger partial charge in [0.1, 0.15) is 0 Å². The highest BCUT2D eigenvalue weighted by atomic mass is 79.9. The molecule has 1 fully saturated rings. The Morgan fingerprint density at radius 3 is 2.62 bits per heavy atom. The van der Waals surface area contributed by atoms with Crippen LogP contribution in [0.5, 0.6) is 11.5 Å². The maximum absolute atomic E-state index is 13.3. The van der Waals surface area contributed by atoms with Gasteiger partial charge in [-0.1, -0.05) is 15.9 Å². The van der Waals surface area contributed by atoms with Gasteiger partial charge >= 0.3 is 18.0 Å². The molecule has 0 unspecified atom stereocenters. The van der Waals surface area contributed by atoms with Gasteiger partial charge in [0.25, 0.3) is 5.91 Å². The Kier molecular flexibility index (Phi) is 10.7. The number of hydrazone groups is 1. The van der Waals surface area contributed by atoms with Crippen molar-refractivity contribution in [2.24, 2.45) is 5.10 Å². The molecule has 39 heavy (non-hydrogen) atoms. The van der Waals surface area contributed by atoms with E-state index in [1.165, 1.54) is 24.4 Å². The molecule has 0 aliphatic carbocycles. The molecular formula is C25H26BrF3N4O6. The van der Waals surface area contributed by atoms with Crippen LogP contribution in [-0.2, 0) is 25.3 Å². The SMILES string of the molecule is CCOc1cc(/C=N\NC(=O)C(=O)NC[C@@H]2CCCO2)ccc1OCC(=O)Nc1ccc(Br)cc1C(F)(F)F. The number of hydrogen-bond donors (Lipinski definition) is 3. The van der Waals surface area contributed by atoms with E-state index >= 15 is 0 Å². The fraction of sp³-hybridized carbons (Fsp3) is 0.360. The van der Waals surface area contributed by atoms with Gasteiger partial charge in [0.2, 0.25) is 0 Å². The van der Waals surface area contributed by atoms with Gasteiger partial charge in [-0.15, -0.1) is 0 Å². The predicted molar refractivity (Wildman–Crippen MR) is 139 cm³/mol. The number of halogens is 4. The molecule has 2 aromatic rings. The molecule has 10 nitrogen and oxygen atoms in total. The number of alkyl halides is 3. The van der Waals surface area contributed by atoms with E-state index in [0.717, 1.165) is 25.0 Å². The third kappa shape index (κ3) is 9.25. The molecule has 3 N–H and O–H groups in total. The van der Waals surface area contributed by atoms with Crippen LogP contribution in [0.1, 0.15) is 30.9 Å². The number of anilines is 1. The molecule has 0 aromatic heterocycles. The highest BCUT2D eigenvalue weighted by molar-refractivity contribution is 9.10. The van der Waals surface area contributed by atoms with Gasteiger partial charge in [-0.25, -0.2) is 5.43 Å². The average Bonchev–Trinajstić information content (AvgIpc) is 3.41. The van der Waals surface area contributed by atoms with Crippen LogP contribution in [-0.4, -0.2) is 56.4 Å². The van der Waals surface area contributed by atoms with Crippen molar-refractivity contribution in [1.82, 2.24) is 10.7 Å². The van der Waals surface area contributed by atoms with Gasteiger partial charge < -0.3 is 24.8 Å². The van der Waals surface area contributed by atoms with Gasteiger partial charge in [0, 0.05) is 17.6 Å². The average molecular weight is 615 g/mol. The minimum atomic E-state index is -4.67. The van der Waals surface area contributed by atoms with E-state index < -0.39 is 41.8 Å². The first kappa shape index (κ1) is 29.9. The number of nitrogens with zero attached hydrogens (tertiary/aromatic N) is 1. The maximum Gasteiger partial charge on any atom is 0.418 e. The van der Waals surface area contributed by atoms with Gasteiger partial charge in [0.15, 0.2) is 18.1 Å². The highest BCUT2D eigenvalue weighted by Crippen LogP contribution is 2.36. The smallest absolute Gasteiger partial charge is 0.418 e. The molecule has 0 saturated carbocycles. The van der Waals surface area contributed by atoms with E-state index in [-0.39, 0.29) is 35.2 Å². The molecule has 1 aliphatic heterocycles. The standard InChI is InChI=1S/C25H26BrF3N4O6/c1-2-37-21-10-15(12-31-33-24(36)23(35)30-13-17-4-3-9-38-17)5-8-20(21)39-14-22(34)32-19-7-6-16(26)11-18(19)25(27,28)29/h5-8,10-12,17H,2-4,9,13-14H2,1H3,(H,30,35)(H,32,34)(H,33,36)/b31-12-/t17-/m0/s1. The number of carbonyl (C=O) groups is 3. The summed E-state index contributed by atoms with van der Waals surface area (Å²) in [6.07, 6.45) is -1.77. The Labute approximate surface area is 230 Å². The first-order valence-corrected chi connectivity index (χ1v) is 12.6. The summed E-state index contributed by atoms with van der Waals surface area (Å²) >= 11 is 2.99. The van der Waals surface area contributed by atoms with Crippen molar-refractivity contribution in [1.29, 1.82) is 0 Å². The summed E-state index contributed by atoms with van der Waals surface area (Å²) in [5.74, 6) is -2.20. The summed E-state index contributed by atoms with van der Waals surface area (Å²) < 4.78 is 56.4. The topological polar surface area (TPSA) is 127 Å². The Morgan fingerprint density at radius 1 is 1.13 bits per heavy atom. The molecule has 14 heteroatoms. The van der Waals surface area contributed by atoms with E-state index in [9.17, 15) is 27.6 Å². The zero-order valence-electron chi connectivity index (χ0n) is 20.8. The van der Waals surface area contributed by atoms with Crippen molar-refractivity contribution in [2.45, 2.75) is 32.0 Å². The summed E-state index contributed by atoms with van der Waals surface area (Å²) in [6.45, 7) is 2.25. The second-order valence-electron chi connectivity index (χ2n) is 8.21. The number of nitrogens with one attached hydrogen (secondary N) is 3. The lowest BCUT2D eigenvalue weighted by molar-refractivity contribution is -0.139. The lowest BCUT2D eigenvalue weighted by atomic mass is 10.1. The van der Waals surface area contributed by atoms with Crippen molar-refractivity contribution < 1.29 is 41.8 Å². The molecule has 3 rings (SSSR count). The molecule has 0 bridgehead atoms. The molecule has 3 amide bonds. The number of hydrogen-bond acceptors (Lipinski definition) is 7. The Bertz CT molecular complexity index is 1220. The summed E-state index contributed by atoms with van der Waals surface area (Å²) in [5.41, 5.74) is 1.19. The zero-order valence-corrected chi connectivity index (χ0v) is 22.4. The summed E-state index contributed by atoms with van der Waals surface area (Å²) in [5, 5.41) is 8.44. The molecule has 0 radical (unpaired) electrons. The van der Waals surface area contributed by atoms with Crippen molar-refractivity contribution in [3.63, 3.8) is 0 Å². The lowest BCUT2D eigenvalue weighted by Gasteiger charge is -2.15. The number of ether oxygens (including phenoxy) is 3. The number of benzene rings is 2. The largest absolute Gasteiger partial charge is 0.490 e. The molecule has 1 heterocycles. The zero-order chi connectivity index (χ0) is 28.4. The fourth-order valence-electron chi connectivity index (χ4n) is 3.49. The van der Waals surface area contributed by atoms with Crippen molar-refractivity contribution in [2.75, 3.05) is 31.7 Å². The van der Waals surface area contributed by atoms with Gasteiger partial charge in [0.05, 0.1) is 30.2 Å². The highest BCUT2D eigenvalue weighted by Gasteiger charge is 2.34. The molecule has 0 spiro atoms. The van der Waals surface area contributed by atoms with Crippen LogP contribution in [0.2, 0.25) is 0 Å². The monoisotopic (exact) mass is 614 g/mol. The molecule has 1 atom stereocenters. The summed E-state index contributed by atoms with van der Waals surface area (Å²) in [4.78, 5) is 36.1. The molecule has 1 aliphatic rings. The van der Waals surface area contributed by atoms with Gasteiger partial charge in [-0.2, -0.15) is 18.3 Å². The first-order chi connectivity index (χ1) is 18.6. The van der Waals surface area contributed by atoms with E-state index in [1.54, 1.807) is 13.0 Å². The van der Waals surface area contributed by atoms with Crippen molar-refractivity contribution >= 4 is 45.6 Å². The third-order valence-corrected chi connectivity index (χ3v) is 5.78. The summed E-state index contributed by atoms with van der Waals surface area (Å²) in [6, 6.07) is 7.90. The van der Waals surface area contributed by atoms with Crippen molar-refractivity contribution in [3.05, 3.63) is 52.0 Å². The minimum Gasteiger partial charge on any atom is -0.490 e. The molecule has 1 saturated heterocycles. The fourth-order valence-corrected chi connectivity index (χ4v) is 3.85. The van der Waals surface area contributed by atoms with Crippen LogP contribution in [0.25, 0.3) is 0 Å². The number of amides is 3. The van der Waals surface area contributed by atoms with Crippen LogP contribution < -0.4 is 25.5 Å². The first-order valence-electron chi connectivity index (χ1n) is 11.9. The Morgan fingerprint density at radius 2 is 1.92 bits per heavy atom. The maximum atomic E-state index is 13.3. The summed E-state index contributed by atoms with van der Waals surface area (Å²) in [7, 11) is 0. The molecular weight excluding hydrogens is 589 g/mol.